The lowest BCUT2D eigenvalue weighted by Gasteiger charge is -2.08. The Balaban J connectivity index is 1.62. The Morgan fingerprint density at radius 1 is 0.731 bits per heavy atom. The Kier molecular flexibility index (Phi) is 5.44. The molecule has 4 heteroatoms. The predicted molar refractivity (Wildman–Crippen MR) is 105 cm³/mol. The largest absolute Gasteiger partial charge is 0.326 e. The average molecular weight is 344 g/mol. The number of carbonyl (C=O) groups is 2. The van der Waals surface area contributed by atoms with Crippen LogP contribution in [0.15, 0.2) is 78.9 Å². The summed E-state index contributed by atoms with van der Waals surface area (Å²) in [6.07, 6.45) is 0.291. The van der Waals surface area contributed by atoms with E-state index in [1.165, 1.54) is 6.92 Å². The van der Waals surface area contributed by atoms with Gasteiger partial charge in [-0.15, -0.1) is 0 Å². The van der Waals surface area contributed by atoms with Crippen molar-refractivity contribution in [3.05, 3.63) is 84.4 Å². The first-order valence-electron chi connectivity index (χ1n) is 8.42. The van der Waals surface area contributed by atoms with E-state index in [9.17, 15) is 9.59 Å². The third-order valence-electron chi connectivity index (χ3n) is 3.89. The lowest BCUT2D eigenvalue weighted by molar-refractivity contribution is -0.115. The number of hydrogen-bond acceptors (Lipinski definition) is 2. The number of nitrogens with one attached hydrogen (secondary N) is 2. The summed E-state index contributed by atoms with van der Waals surface area (Å²) in [5.41, 5.74) is 4.53. The minimum Gasteiger partial charge on any atom is -0.326 e. The van der Waals surface area contributed by atoms with Gasteiger partial charge in [-0.1, -0.05) is 60.7 Å². The van der Waals surface area contributed by atoms with E-state index < -0.39 is 0 Å². The van der Waals surface area contributed by atoms with Gasteiger partial charge in [0.05, 0.1) is 6.42 Å². The molecule has 0 aromatic heterocycles. The zero-order chi connectivity index (χ0) is 18.4. The van der Waals surface area contributed by atoms with Crippen molar-refractivity contribution in [2.24, 2.45) is 0 Å². The molecule has 130 valence electrons. The van der Waals surface area contributed by atoms with Crippen LogP contribution < -0.4 is 10.6 Å². The second kappa shape index (κ2) is 8.12. The molecule has 0 spiro atoms. The number of benzene rings is 3. The third kappa shape index (κ3) is 4.80. The Bertz CT molecular complexity index is 903. The lowest BCUT2D eigenvalue weighted by Crippen LogP contribution is -2.14. The zero-order valence-electron chi connectivity index (χ0n) is 14.5. The summed E-state index contributed by atoms with van der Waals surface area (Å²) in [5, 5.41) is 5.56. The lowest BCUT2D eigenvalue weighted by atomic mass is 10.0. The van der Waals surface area contributed by atoms with E-state index in [-0.39, 0.29) is 11.8 Å². The van der Waals surface area contributed by atoms with Gasteiger partial charge < -0.3 is 10.6 Å². The fourth-order valence-electron chi connectivity index (χ4n) is 2.71. The molecule has 0 radical (unpaired) electrons. The standard InChI is InChI=1S/C22H20N2O2/c1-16(25)23-20-8-5-9-21(15-20)24-22(26)14-17-10-12-19(13-11-17)18-6-3-2-4-7-18/h2-13,15H,14H2,1H3,(H,23,25)(H,24,26). The van der Waals surface area contributed by atoms with Gasteiger partial charge in [-0.05, 0) is 34.9 Å². The number of amides is 2. The summed E-state index contributed by atoms with van der Waals surface area (Å²) in [5.74, 6) is -0.246. The van der Waals surface area contributed by atoms with Gasteiger partial charge in [-0.25, -0.2) is 0 Å². The van der Waals surface area contributed by atoms with Gasteiger partial charge in [0.2, 0.25) is 11.8 Å². The maximum Gasteiger partial charge on any atom is 0.228 e. The summed E-state index contributed by atoms with van der Waals surface area (Å²) < 4.78 is 0. The van der Waals surface area contributed by atoms with Crippen molar-refractivity contribution in [3.8, 4) is 11.1 Å². The summed E-state index contributed by atoms with van der Waals surface area (Å²) in [6, 6.07) is 25.2. The molecule has 0 fully saturated rings. The first-order chi connectivity index (χ1) is 12.6. The maximum absolute atomic E-state index is 12.3. The van der Waals surface area contributed by atoms with Crippen LogP contribution in [-0.4, -0.2) is 11.8 Å². The fraction of sp³-hybridized carbons (Fsp3) is 0.0909. The molecule has 3 aromatic carbocycles. The maximum atomic E-state index is 12.3. The SMILES string of the molecule is CC(=O)Nc1cccc(NC(=O)Cc2ccc(-c3ccccc3)cc2)c1. The first kappa shape index (κ1) is 17.4. The Morgan fingerprint density at radius 3 is 2.00 bits per heavy atom. The number of hydrogen-bond donors (Lipinski definition) is 2. The second-order valence-corrected chi connectivity index (χ2v) is 6.05. The second-order valence-electron chi connectivity index (χ2n) is 6.05. The molecule has 0 saturated carbocycles. The molecule has 0 aliphatic carbocycles. The highest BCUT2D eigenvalue weighted by Gasteiger charge is 2.06. The molecular weight excluding hydrogens is 324 g/mol. The van der Waals surface area contributed by atoms with Crippen LogP contribution in [-0.2, 0) is 16.0 Å². The minimum absolute atomic E-state index is 0.0996. The van der Waals surface area contributed by atoms with Crippen LogP contribution in [0.1, 0.15) is 12.5 Å². The third-order valence-corrected chi connectivity index (χ3v) is 3.89. The predicted octanol–water partition coefficient (Wildman–Crippen LogP) is 4.49. The molecule has 2 amide bonds. The number of anilines is 2. The van der Waals surface area contributed by atoms with Crippen molar-refractivity contribution < 1.29 is 9.59 Å². The monoisotopic (exact) mass is 344 g/mol. The van der Waals surface area contributed by atoms with E-state index in [1.54, 1.807) is 24.3 Å². The summed E-state index contributed by atoms with van der Waals surface area (Å²) >= 11 is 0. The Hall–Kier alpha value is -3.40. The van der Waals surface area contributed by atoms with Crippen molar-refractivity contribution in [2.45, 2.75) is 13.3 Å². The highest BCUT2D eigenvalue weighted by Crippen LogP contribution is 2.20. The van der Waals surface area contributed by atoms with Gasteiger partial charge in [0, 0.05) is 18.3 Å². The van der Waals surface area contributed by atoms with Crippen molar-refractivity contribution in [2.75, 3.05) is 10.6 Å². The van der Waals surface area contributed by atoms with E-state index in [1.807, 2.05) is 42.5 Å². The molecule has 0 bridgehead atoms. The van der Waals surface area contributed by atoms with Gasteiger partial charge in [0.15, 0.2) is 0 Å². The summed E-state index contributed by atoms with van der Waals surface area (Å²) in [7, 11) is 0. The number of carbonyl (C=O) groups excluding carboxylic acids is 2. The van der Waals surface area contributed by atoms with Crippen LogP contribution in [0.4, 0.5) is 11.4 Å². The van der Waals surface area contributed by atoms with E-state index in [2.05, 4.69) is 22.8 Å². The van der Waals surface area contributed by atoms with E-state index >= 15 is 0 Å². The van der Waals surface area contributed by atoms with Crippen molar-refractivity contribution >= 4 is 23.2 Å². The van der Waals surface area contributed by atoms with Crippen LogP contribution in [0.3, 0.4) is 0 Å². The summed E-state index contributed by atoms with van der Waals surface area (Å²) in [4.78, 5) is 23.4. The zero-order valence-corrected chi connectivity index (χ0v) is 14.5. The van der Waals surface area contributed by atoms with Gasteiger partial charge in [-0.3, -0.25) is 9.59 Å². The quantitative estimate of drug-likeness (QED) is 0.716. The molecule has 0 aliphatic heterocycles. The van der Waals surface area contributed by atoms with E-state index in [4.69, 9.17) is 0 Å². The fourth-order valence-corrected chi connectivity index (χ4v) is 2.71. The normalized spacial score (nSPS) is 10.2. The molecule has 0 heterocycles. The van der Waals surface area contributed by atoms with Crippen molar-refractivity contribution in [3.63, 3.8) is 0 Å². The van der Waals surface area contributed by atoms with Crippen LogP contribution in [0.2, 0.25) is 0 Å². The molecular formula is C22H20N2O2. The average Bonchev–Trinajstić information content (AvgIpc) is 2.63. The first-order valence-corrected chi connectivity index (χ1v) is 8.42. The molecule has 2 N–H and O–H groups in total. The van der Waals surface area contributed by atoms with Crippen LogP contribution >= 0.6 is 0 Å². The molecule has 0 aliphatic rings. The van der Waals surface area contributed by atoms with Crippen molar-refractivity contribution in [1.29, 1.82) is 0 Å². The molecule has 3 aromatic rings. The van der Waals surface area contributed by atoms with Crippen LogP contribution in [0.5, 0.6) is 0 Å². The Labute approximate surface area is 152 Å². The topological polar surface area (TPSA) is 58.2 Å². The molecule has 0 unspecified atom stereocenters. The number of rotatable bonds is 5. The van der Waals surface area contributed by atoms with E-state index in [0.717, 1.165) is 16.7 Å². The van der Waals surface area contributed by atoms with Gasteiger partial charge in [-0.2, -0.15) is 0 Å². The van der Waals surface area contributed by atoms with Crippen molar-refractivity contribution in [1.82, 2.24) is 0 Å². The molecule has 4 nitrogen and oxygen atoms in total. The van der Waals surface area contributed by atoms with Gasteiger partial charge >= 0.3 is 0 Å². The minimum atomic E-state index is -0.146. The smallest absolute Gasteiger partial charge is 0.228 e. The molecule has 3 rings (SSSR count). The van der Waals surface area contributed by atoms with Gasteiger partial charge in [0.25, 0.3) is 0 Å². The molecule has 26 heavy (non-hydrogen) atoms. The molecule has 0 saturated heterocycles. The van der Waals surface area contributed by atoms with Crippen LogP contribution in [0, 0.1) is 0 Å². The highest BCUT2D eigenvalue weighted by atomic mass is 16.2. The van der Waals surface area contributed by atoms with E-state index in [0.29, 0.717) is 17.8 Å². The highest BCUT2D eigenvalue weighted by molar-refractivity contribution is 5.94. The van der Waals surface area contributed by atoms with Gasteiger partial charge in [0.1, 0.15) is 0 Å². The Morgan fingerprint density at radius 2 is 1.35 bits per heavy atom. The van der Waals surface area contributed by atoms with Crippen LogP contribution in [0.25, 0.3) is 11.1 Å². The molecule has 0 atom stereocenters. The summed E-state index contributed by atoms with van der Waals surface area (Å²) in [6.45, 7) is 1.45.